The Labute approximate surface area is 105 Å². The van der Waals surface area contributed by atoms with Crippen molar-refractivity contribution in [2.45, 2.75) is 32.4 Å². The standard InChI is InChI=1S/C12H18N2O4/c1-3-7(2)12(16)11(13)9-6-8(14(17)18)4-5-10(9)15/h4-7,11-12,15-16H,3,13H2,1-2H3/t7?,11-,12+/m0/s1. The van der Waals surface area contributed by atoms with Crippen LogP contribution in [0.15, 0.2) is 18.2 Å². The van der Waals surface area contributed by atoms with Crippen molar-refractivity contribution in [2.75, 3.05) is 0 Å². The molecular weight excluding hydrogens is 236 g/mol. The number of aliphatic hydroxyl groups excluding tert-OH is 1. The van der Waals surface area contributed by atoms with Crippen molar-refractivity contribution in [2.24, 2.45) is 11.7 Å². The number of phenols is 1. The first-order valence-electron chi connectivity index (χ1n) is 5.79. The van der Waals surface area contributed by atoms with Crippen molar-refractivity contribution < 1.29 is 15.1 Å². The van der Waals surface area contributed by atoms with Gasteiger partial charge in [0.1, 0.15) is 5.75 Å². The highest BCUT2D eigenvalue weighted by molar-refractivity contribution is 5.44. The molecule has 0 saturated heterocycles. The number of hydrogen-bond acceptors (Lipinski definition) is 5. The van der Waals surface area contributed by atoms with Crippen LogP contribution in [0.25, 0.3) is 0 Å². The third-order valence-corrected chi connectivity index (χ3v) is 3.18. The first-order chi connectivity index (χ1) is 8.38. The van der Waals surface area contributed by atoms with Gasteiger partial charge < -0.3 is 15.9 Å². The molecule has 0 aliphatic rings. The molecule has 18 heavy (non-hydrogen) atoms. The predicted molar refractivity (Wildman–Crippen MR) is 67.2 cm³/mol. The smallest absolute Gasteiger partial charge is 0.270 e. The van der Waals surface area contributed by atoms with E-state index in [0.717, 1.165) is 6.42 Å². The van der Waals surface area contributed by atoms with Crippen molar-refractivity contribution in [3.05, 3.63) is 33.9 Å². The lowest BCUT2D eigenvalue weighted by Gasteiger charge is -2.24. The van der Waals surface area contributed by atoms with Crippen molar-refractivity contribution in [3.63, 3.8) is 0 Å². The van der Waals surface area contributed by atoms with Crippen LogP contribution in [0.3, 0.4) is 0 Å². The number of benzene rings is 1. The van der Waals surface area contributed by atoms with E-state index in [-0.39, 0.29) is 22.9 Å². The molecule has 0 saturated carbocycles. The third-order valence-electron chi connectivity index (χ3n) is 3.18. The average molecular weight is 254 g/mol. The van der Waals surface area contributed by atoms with Crippen LogP contribution in [0.1, 0.15) is 31.9 Å². The lowest BCUT2D eigenvalue weighted by atomic mass is 9.91. The molecule has 0 aliphatic heterocycles. The Bertz CT molecular complexity index is 436. The zero-order valence-corrected chi connectivity index (χ0v) is 10.4. The van der Waals surface area contributed by atoms with Crippen LogP contribution < -0.4 is 5.73 Å². The van der Waals surface area contributed by atoms with Gasteiger partial charge in [-0.05, 0) is 12.0 Å². The molecule has 6 heteroatoms. The van der Waals surface area contributed by atoms with Crippen LogP contribution in [-0.2, 0) is 0 Å². The SMILES string of the molecule is CCC(C)[C@@H](O)[C@@H](N)c1cc([N+](=O)[O-])ccc1O. The summed E-state index contributed by atoms with van der Waals surface area (Å²) in [5, 5.41) is 30.3. The van der Waals surface area contributed by atoms with Crippen LogP contribution >= 0.6 is 0 Å². The number of phenolic OH excluding ortho intramolecular Hbond substituents is 1. The van der Waals surface area contributed by atoms with E-state index >= 15 is 0 Å². The summed E-state index contributed by atoms with van der Waals surface area (Å²) in [5.74, 6) is -0.200. The Morgan fingerprint density at radius 3 is 2.61 bits per heavy atom. The van der Waals surface area contributed by atoms with E-state index < -0.39 is 17.1 Å². The Kier molecular flexibility index (Phi) is 4.63. The molecule has 1 rings (SSSR count). The van der Waals surface area contributed by atoms with Crippen molar-refractivity contribution in [1.29, 1.82) is 0 Å². The van der Waals surface area contributed by atoms with Crippen LogP contribution in [0, 0.1) is 16.0 Å². The lowest BCUT2D eigenvalue weighted by molar-refractivity contribution is -0.385. The van der Waals surface area contributed by atoms with E-state index in [0.29, 0.717) is 0 Å². The summed E-state index contributed by atoms with van der Waals surface area (Å²) in [6.45, 7) is 3.74. The lowest BCUT2D eigenvalue weighted by Crippen LogP contribution is -2.31. The number of aliphatic hydroxyl groups is 1. The number of nitrogens with two attached hydrogens (primary N) is 1. The van der Waals surface area contributed by atoms with Crippen molar-refractivity contribution >= 4 is 5.69 Å². The van der Waals surface area contributed by atoms with Crippen LogP contribution in [0.2, 0.25) is 0 Å². The van der Waals surface area contributed by atoms with Gasteiger partial charge in [0.05, 0.1) is 17.1 Å². The average Bonchev–Trinajstić information content (AvgIpc) is 2.36. The molecule has 0 fully saturated rings. The van der Waals surface area contributed by atoms with Crippen molar-refractivity contribution in [1.82, 2.24) is 0 Å². The molecule has 1 unspecified atom stereocenters. The minimum atomic E-state index is -0.858. The number of non-ortho nitro benzene ring substituents is 1. The molecular formula is C12H18N2O4. The van der Waals surface area contributed by atoms with Gasteiger partial charge >= 0.3 is 0 Å². The zero-order chi connectivity index (χ0) is 13.9. The summed E-state index contributed by atoms with van der Waals surface area (Å²) in [6, 6.07) is 2.77. The molecule has 0 aliphatic carbocycles. The second-order valence-corrected chi connectivity index (χ2v) is 4.40. The highest BCUT2D eigenvalue weighted by Gasteiger charge is 2.25. The summed E-state index contributed by atoms with van der Waals surface area (Å²) < 4.78 is 0. The molecule has 0 amide bonds. The number of rotatable bonds is 5. The van der Waals surface area contributed by atoms with E-state index in [4.69, 9.17) is 5.73 Å². The molecule has 1 aromatic rings. The van der Waals surface area contributed by atoms with E-state index in [1.54, 1.807) is 0 Å². The number of nitrogens with zero attached hydrogens (tertiary/aromatic N) is 1. The fourth-order valence-electron chi connectivity index (χ4n) is 1.70. The topological polar surface area (TPSA) is 110 Å². The number of hydrogen-bond donors (Lipinski definition) is 3. The van der Waals surface area contributed by atoms with Gasteiger partial charge in [0, 0.05) is 17.7 Å². The Balaban J connectivity index is 3.07. The maximum atomic E-state index is 10.7. The fourth-order valence-corrected chi connectivity index (χ4v) is 1.70. The third kappa shape index (κ3) is 2.96. The summed E-state index contributed by atoms with van der Waals surface area (Å²) in [4.78, 5) is 10.1. The summed E-state index contributed by atoms with van der Waals surface area (Å²) in [7, 11) is 0. The second kappa shape index (κ2) is 5.79. The second-order valence-electron chi connectivity index (χ2n) is 4.40. The Morgan fingerprint density at radius 2 is 2.11 bits per heavy atom. The molecule has 0 aromatic heterocycles. The van der Waals surface area contributed by atoms with Gasteiger partial charge in [0.25, 0.3) is 5.69 Å². The maximum absolute atomic E-state index is 10.7. The molecule has 3 atom stereocenters. The highest BCUT2D eigenvalue weighted by Crippen LogP contribution is 2.31. The van der Waals surface area contributed by atoms with E-state index in [2.05, 4.69) is 0 Å². The molecule has 0 spiro atoms. The summed E-state index contributed by atoms with van der Waals surface area (Å²) in [5.41, 5.74) is 5.89. The predicted octanol–water partition coefficient (Wildman–Crippen LogP) is 1.71. The Hall–Kier alpha value is -1.66. The van der Waals surface area contributed by atoms with Crippen LogP contribution in [0.5, 0.6) is 5.75 Å². The quantitative estimate of drug-likeness (QED) is 0.547. The zero-order valence-electron chi connectivity index (χ0n) is 10.4. The van der Waals surface area contributed by atoms with Gasteiger partial charge in [0.15, 0.2) is 0 Å². The number of aromatic hydroxyl groups is 1. The van der Waals surface area contributed by atoms with Crippen molar-refractivity contribution in [3.8, 4) is 5.75 Å². The molecule has 4 N–H and O–H groups in total. The summed E-state index contributed by atoms with van der Waals surface area (Å²) in [6.07, 6.45) is -0.132. The minimum absolute atomic E-state index is 0.0568. The molecule has 100 valence electrons. The van der Waals surface area contributed by atoms with Gasteiger partial charge in [-0.2, -0.15) is 0 Å². The summed E-state index contributed by atoms with van der Waals surface area (Å²) >= 11 is 0. The fraction of sp³-hybridized carbons (Fsp3) is 0.500. The van der Waals surface area contributed by atoms with Gasteiger partial charge in [-0.1, -0.05) is 20.3 Å². The molecule has 0 bridgehead atoms. The first kappa shape index (κ1) is 14.4. The largest absolute Gasteiger partial charge is 0.508 e. The molecule has 0 heterocycles. The normalized spacial score (nSPS) is 16.0. The van der Waals surface area contributed by atoms with E-state index in [1.807, 2.05) is 13.8 Å². The van der Waals surface area contributed by atoms with Gasteiger partial charge in [-0.25, -0.2) is 0 Å². The van der Waals surface area contributed by atoms with E-state index in [9.17, 15) is 20.3 Å². The number of nitro benzene ring substituents is 1. The molecule has 6 nitrogen and oxygen atoms in total. The van der Waals surface area contributed by atoms with E-state index in [1.165, 1.54) is 18.2 Å². The van der Waals surface area contributed by atoms with Gasteiger partial charge in [-0.3, -0.25) is 10.1 Å². The Morgan fingerprint density at radius 1 is 1.50 bits per heavy atom. The number of nitro groups is 1. The highest BCUT2D eigenvalue weighted by atomic mass is 16.6. The first-order valence-corrected chi connectivity index (χ1v) is 5.79. The minimum Gasteiger partial charge on any atom is -0.508 e. The monoisotopic (exact) mass is 254 g/mol. The van der Waals surface area contributed by atoms with Crippen LogP contribution in [0.4, 0.5) is 5.69 Å². The van der Waals surface area contributed by atoms with Crippen LogP contribution in [-0.4, -0.2) is 21.2 Å². The molecule has 1 aromatic carbocycles. The van der Waals surface area contributed by atoms with Gasteiger partial charge in [-0.15, -0.1) is 0 Å². The molecule has 0 radical (unpaired) electrons. The maximum Gasteiger partial charge on any atom is 0.270 e. The van der Waals surface area contributed by atoms with Gasteiger partial charge in [0.2, 0.25) is 0 Å².